The third-order valence-electron chi connectivity index (χ3n) is 6.26. The molecule has 0 amide bonds. The molecule has 2 aliphatic rings. The molecule has 0 unspecified atom stereocenters. The van der Waals surface area contributed by atoms with Crippen LogP contribution < -0.4 is 0 Å². The molecule has 1 aromatic carbocycles. The highest BCUT2D eigenvalue weighted by atomic mass is 19.2. The van der Waals surface area contributed by atoms with Gasteiger partial charge in [0, 0.05) is 43.2 Å². The minimum atomic E-state index is -1.06. The molecule has 2 aromatic heterocycles. The van der Waals surface area contributed by atoms with E-state index in [0.717, 1.165) is 54.8 Å². The second-order valence-corrected chi connectivity index (χ2v) is 8.23. The molecule has 3 aromatic rings. The predicted octanol–water partition coefficient (Wildman–Crippen LogP) is 4.15. The van der Waals surface area contributed by atoms with E-state index in [-0.39, 0.29) is 11.3 Å². The molecule has 8 heteroatoms. The monoisotopic (exact) mass is 439 g/mol. The number of nitrogens with zero attached hydrogens (tertiary/aromatic N) is 3. The Morgan fingerprint density at radius 3 is 2.53 bits per heavy atom. The molecule has 0 radical (unpaired) electrons. The molecule has 0 saturated carbocycles. The van der Waals surface area contributed by atoms with Crippen molar-refractivity contribution in [3.05, 3.63) is 94.3 Å². The van der Waals surface area contributed by atoms with Gasteiger partial charge in [0.2, 0.25) is 11.7 Å². The summed E-state index contributed by atoms with van der Waals surface area (Å²) in [5.74, 6) is -3.01. The van der Waals surface area contributed by atoms with Gasteiger partial charge in [-0.25, -0.2) is 13.8 Å². The fourth-order valence-electron chi connectivity index (χ4n) is 4.47. The van der Waals surface area contributed by atoms with Crippen LogP contribution in [-0.4, -0.2) is 33.7 Å². The van der Waals surface area contributed by atoms with E-state index in [1.54, 1.807) is 18.5 Å². The van der Waals surface area contributed by atoms with E-state index in [0.29, 0.717) is 13.2 Å². The molecule has 1 fully saturated rings. The van der Waals surface area contributed by atoms with Crippen LogP contribution in [0, 0.1) is 17.6 Å². The van der Waals surface area contributed by atoms with Crippen LogP contribution in [0.4, 0.5) is 13.2 Å². The fraction of sp³-hybridized carbons (Fsp3) is 0.292. The molecule has 1 saturated heterocycles. The van der Waals surface area contributed by atoms with Gasteiger partial charge in [-0.1, -0.05) is 6.07 Å². The highest BCUT2D eigenvalue weighted by Crippen LogP contribution is 2.44. The first-order chi connectivity index (χ1) is 15.4. The second kappa shape index (κ2) is 8.11. The van der Waals surface area contributed by atoms with Gasteiger partial charge in [0.1, 0.15) is 5.69 Å². The van der Waals surface area contributed by atoms with Crippen LogP contribution in [0.2, 0.25) is 0 Å². The number of rotatable bonds is 4. The number of fused-ring (bicyclic) bond motifs is 2. The zero-order chi connectivity index (χ0) is 22.3. The number of likely N-dealkylation sites (tertiary alicyclic amines) is 1. The highest BCUT2D eigenvalue weighted by molar-refractivity contribution is 6.07. The molecule has 4 heterocycles. The van der Waals surface area contributed by atoms with Crippen molar-refractivity contribution in [1.29, 1.82) is 0 Å². The molecule has 0 N–H and O–H groups in total. The average Bonchev–Trinajstić information content (AvgIpc) is 3.14. The Labute approximate surface area is 182 Å². The van der Waals surface area contributed by atoms with E-state index in [1.807, 2.05) is 6.07 Å². The van der Waals surface area contributed by atoms with Gasteiger partial charge in [0.15, 0.2) is 11.6 Å². The highest BCUT2D eigenvalue weighted by Gasteiger charge is 2.43. The van der Waals surface area contributed by atoms with E-state index >= 15 is 0 Å². The first-order valence-corrected chi connectivity index (χ1v) is 10.4. The molecule has 32 heavy (non-hydrogen) atoms. The van der Waals surface area contributed by atoms with E-state index in [4.69, 9.17) is 4.74 Å². The number of halogens is 3. The van der Waals surface area contributed by atoms with Crippen molar-refractivity contribution in [3.63, 3.8) is 0 Å². The lowest BCUT2D eigenvalue weighted by Gasteiger charge is -2.39. The molecule has 5 rings (SSSR count). The molecule has 0 atom stereocenters. The third kappa shape index (κ3) is 3.80. The number of ketones is 1. The van der Waals surface area contributed by atoms with Crippen LogP contribution in [0.1, 0.15) is 45.6 Å². The van der Waals surface area contributed by atoms with Crippen LogP contribution in [0.15, 0.2) is 48.8 Å². The Hall–Kier alpha value is -3.10. The lowest BCUT2D eigenvalue weighted by Crippen LogP contribution is -2.42. The minimum Gasteiger partial charge on any atom is -0.365 e. The van der Waals surface area contributed by atoms with E-state index in [1.165, 1.54) is 12.1 Å². The maximum absolute atomic E-state index is 13.4. The van der Waals surface area contributed by atoms with Gasteiger partial charge in [-0.15, -0.1) is 0 Å². The number of pyridine rings is 2. The Bertz CT molecular complexity index is 1180. The second-order valence-electron chi connectivity index (χ2n) is 8.23. The molecular formula is C24H20F3N3O2. The Morgan fingerprint density at radius 2 is 1.81 bits per heavy atom. The van der Waals surface area contributed by atoms with Crippen LogP contribution in [0.5, 0.6) is 0 Å². The van der Waals surface area contributed by atoms with Crippen molar-refractivity contribution in [2.45, 2.75) is 31.6 Å². The molecule has 164 valence electrons. The van der Waals surface area contributed by atoms with Gasteiger partial charge < -0.3 is 4.74 Å². The van der Waals surface area contributed by atoms with Gasteiger partial charge in [0.05, 0.1) is 12.2 Å². The first-order valence-electron chi connectivity index (χ1n) is 10.4. The summed E-state index contributed by atoms with van der Waals surface area (Å²) in [4.78, 5) is 22.8. The molecule has 0 bridgehead atoms. The van der Waals surface area contributed by atoms with Gasteiger partial charge >= 0.3 is 0 Å². The van der Waals surface area contributed by atoms with Crippen LogP contribution >= 0.6 is 0 Å². The summed E-state index contributed by atoms with van der Waals surface area (Å²) < 4.78 is 46.0. The maximum atomic E-state index is 13.4. The van der Waals surface area contributed by atoms with Gasteiger partial charge in [-0.05, 0) is 54.3 Å². The number of ether oxygens (including phenoxy) is 1. The summed E-state index contributed by atoms with van der Waals surface area (Å²) >= 11 is 0. The summed E-state index contributed by atoms with van der Waals surface area (Å²) in [5.41, 5.74) is 2.63. The summed E-state index contributed by atoms with van der Waals surface area (Å²) in [6.07, 6.45) is 4.80. The summed E-state index contributed by atoms with van der Waals surface area (Å²) in [6, 6.07) is 7.92. The van der Waals surface area contributed by atoms with E-state index in [2.05, 4.69) is 14.9 Å². The number of benzene rings is 1. The molecule has 1 spiro atoms. The normalized spacial score (nSPS) is 17.5. The summed E-state index contributed by atoms with van der Waals surface area (Å²) in [6.45, 7) is 2.67. The number of hydrogen-bond acceptors (Lipinski definition) is 5. The lowest BCUT2D eigenvalue weighted by molar-refractivity contribution is -0.0800. The van der Waals surface area contributed by atoms with Gasteiger partial charge in [-0.2, -0.15) is 4.39 Å². The van der Waals surface area contributed by atoms with Crippen molar-refractivity contribution in [2.75, 3.05) is 13.1 Å². The van der Waals surface area contributed by atoms with Crippen molar-refractivity contribution in [3.8, 4) is 0 Å². The smallest absolute Gasteiger partial charge is 0.213 e. The molecular weight excluding hydrogens is 419 g/mol. The topological polar surface area (TPSA) is 55.3 Å². The number of hydrogen-bond donors (Lipinski definition) is 0. The Balaban J connectivity index is 1.22. The zero-order valence-corrected chi connectivity index (χ0v) is 17.2. The van der Waals surface area contributed by atoms with Gasteiger partial charge in [0.25, 0.3) is 0 Å². The zero-order valence-electron chi connectivity index (χ0n) is 17.2. The number of carbonyl (C=O) groups excluding carboxylic acids is 1. The van der Waals surface area contributed by atoms with E-state index in [9.17, 15) is 18.0 Å². The Kier molecular flexibility index (Phi) is 5.27. The first kappa shape index (κ1) is 20.8. The van der Waals surface area contributed by atoms with Gasteiger partial charge in [-0.3, -0.25) is 14.7 Å². The number of piperidine rings is 1. The molecule has 5 nitrogen and oxygen atoms in total. The summed E-state index contributed by atoms with van der Waals surface area (Å²) in [5, 5.41) is 0. The maximum Gasteiger partial charge on any atom is 0.213 e. The van der Waals surface area contributed by atoms with Crippen LogP contribution in [-0.2, 0) is 23.5 Å². The largest absolute Gasteiger partial charge is 0.365 e. The third-order valence-corrected chi connectivity index (χ3v) is 6.26. The summed E-state index contributed by atoms with van der Waals surface area (Å²) in [7, 11) is 0. The van der Waals surface area contributed by atoms with Crippen molar-refractivity contribution in [2.24, 2.45) is 0 Å². The minimum absolute atomic E-state index is 0.0525. The fourth-order valence-corrected chi connectivity index (χ4v) is 4.47. The number of carbonyl (C=O) groups is 1. The SMILES string of the molecule is O=C(c1ccc(F)c(F)c1)c1ccc(CN2CCC3(CC2)OCc2cc(F)ncc23)cn1. The van der Waals surface area contributed by atoms with Crippen molar-refractivity contribution >= 4 is 5.78 Å². The lowest BCUT2D eigenvalue weighted by atomic mass is 9.84. The Morgan fingerprint density at radius 1 is 1.00 bits per heavy atom. The number of aromatic nitrogens is 2. The quantitative estimate of drug-likeness (QED) is 0.452. The predicted molar refractivity (Wildman–Crippen MR) is 109 cm³/mol. The molecule has 2 aliphatic heterocycles. The van der Waals surface area contributed by atoms with Crippen molar-refractivity contribution < 1.29 is 22.7 Å². The molecule has 0 aliphatic carbocycles. The standard InChI is InChI=1S/C24H20F3N3O2/c25-19-3-2-16(9-20(19)26)23(31)21-4-1-15(11-28-21)13-30-7-5-24(6-8-30)18-12-29-22(27)10-17(18)14-32-24/h1-4,9-12H,5-8,13-14H2. The van der Waals surface area contributed by atoms with Crippen LogP contribution in [0.3, 0.4) is 0 Å². The van der Waals surface area contributed by atoms with E-state index < -0.39 is 29.0 Å². The average molecular weight is 439 g/mol. The van der Waals surface area contributed by atoms with Crippen LogP contribution in [0.25, 0.3) is 0 Å². The van der Waals surface area contributed by atoms with Crippen molar-refractivity contribution in [1.82, 2.24) is 14.9 Å².